The van der Waals surface area contributed by atoms with E-state index in [-0.39, 0.29) is 11.5 Å². The van der Waals surface area contributed by atoms with E-state index < -0.39 is 11.7 Å². The van der Waals surface area contributed by atoms with Gasteiger partial charge in [-0.25, -0.2) is 0 Å². The Morgan fingerprint density at radius 3 is 1.91 bits per heavy atom. The summed E-state index contributed by atoms with van der Waals surface area (Å²) in [6.07, 6.45) is -0.807. The van der Waals surface area contributed by atoms with Gasteiger partial charge >= 0.3 is 6.18 Å². The van der Waals surface area contributed by atoms with Crippen molar-refractivity contribution in [3.8, 4) is 28.7 Å². The van der Waals surface area contributed by atoms with Crippen molar-refractivity contribution in [2.75, 3.05) is 33.2 Å². The summed E-state index contributed by atoms with van der Waals surface area (Å²) in [5.74, 6) is 1.55. The van der Waals surface area contributed by atoms with E-state index in [2.05, 4.69) is 4.72 Å². The van der Waals surface area contributed by atoms with E-state index in [1.54, 1.807) is 24.3 Å². The normalized spacial score (nSPS) is 11.4. The molecule has 0 saturated carbocycles. The Morgan fingerprint density at radius 1 is 0.800 bits per heavy atom. The van der Waals surface area contributed by atoms with Crippen LogP contribution in [-0.4, -0.2) is 33.5 Å². The highest BCUT2D eigenvalue weighted by Gasteiger charge is 2.30. The van der Waals surface area contributed by atoms with Crippen LogP contribution in [0.1, 0.15) is 16.7 Å². The maximum Gasteiger partial charge on any atom is 0.416 e. The number of rotatable bonds is 9. The summed E-state index contributed by atoms with van der Waals surface area (Å²) in [7, 11) is 5.98. The maximum absolute atomic E-state index is 12.8. The van der Waals surface area contributed by atoms with E-state index in [1.807, 2.05) is 6.08 Å². The van der Waals surface area contributed by atoms with Crippen molar-refractivity contribution in [2.45, 2.75) is 11.1 Å². The molecule has 0 amide bonds. The minimum Gasteiger partial charge on any atom is -0.504 e. The molecule has 0 fully saturated rings. The van der Waals surface area contributed by atoms with Crippen LogP contribution in [0, 0.1) is 0 Å². The molecule has 0 aliphatic carbocycles. The molecule has 0 atom stereocenters. The zero-order valence-corrected chi connectivity index (χ0v) is 20.2. The summed E-state index contributed by atoms with van der Waals surface area (Å²) < 4.78 is 63.1. The maximum atomic E-state index is 12.8. The number of aromatic hydroxyl groups is 1. The van der Waals surface area contributed by atoms with Crippen molar-refractivity contribution >= 4 is 29.8 Å². The van der Waals surface area contributed by atoms with E-state index in [1.165, 1.54) is 46.6 Å². The zero-order chi connectivity index (χ0) is 25.6. The Morgan fingerprint density at radius 2 is 1.40 bits per heavy atom. The van der Waals surface area contributed by atoms with Crippen molar-refractivity contribution < 1.29 is 37.2 Å². The van der Waals surface area contributed by atoms with Gasteiger partial charge in [-0.3, -0.25) is 0 Å². The fourth-order valence-corrected chi connectivity index (χ4v) is 3.95. The smallest absolute Gasteiger partial charge is 0.416 e. The molecule has 0 unspecified atom stereocenters. The third kappa shape index (κ3) is 6.07. The molecule has 10 heteroatoms. The van der Waals surface area contributed by atoms with E-state index in [4.69, 9.17) is 18.9 Å². The molecule has 35 heavy (non-hydrogen) atoms. The molecule has 0 aliphatic heterocycles. The molecule has 0 saturated heterocycles. The number of alkyl halides is 3. The van der Waals surface area contributed by atoms with Crippen molar-refractivity contribution in [2.24, 2.45) is 0 Å². The van der Waals surface area contributed by atoms with Gasteiger partial charge in [0, 0.05) is 10.5 Å². The fraction of sp³-hybridized carbons (Fsp3) is 0.200. The van der Waals surface area contributed by atoms with Gasteiger partial charge in [-0.15, -0.1) is 0 Å². The molecule has 3 aromatic carbocycles. The number of anilines is 1. The fourth-order valence-electron chi connectivity index (χ4n) is 3.24. The summed E-state index contributed by atoms with van der Waals surface area (Å²) in [4.78, 5) is 0.544. The Labute approximate surface area is 205 Å². The average Bonchev–Trinajstić information content (AvgIpc) is 2.85. The number of ether oxygens (including phenoxy) is 4. The first-order valence-corrected chi connectivity index (χ1v) is 11.0. The largest absolute Gasteiger partial charge is 0.504 e. The number of hydrogen-bond acceptors (Lipinski definition) is 7. The first-order chi connectivity index (χ1) is 16.7. The zero-order valence-electron chi connectivity index (χ0n) is 19.4. The number of halogens is 3. The van der Waals surface area contributed by atoms with Crippen LogP contribution in [0.3, 0.4) is 0 Å². The second-order valence-corrected chi connectivity index (χ2v) is 7.98. The summed E-state index contributed by atoms with van der Waals surface area (Å²) in [5, 5.41) is 10.2. The molecule has 6 nitrogen and oxygen atoms in total. The summed E-state index contributed by atoms with van der Waals surface area (Å²) in [6, 6.07) is 11.5. The molecule has 0 heterocycles. The SMILES string of the molecule is COc1cc(/C=C\c2ccc(O)c(OC)c2NSc2ccc(C(F)(F)F)cc2)cc(OC)c1OC. The van der Waals surface area contributed by atoms with E-state index in [0.29, 0.717) is 33.4 Å². The first kappa shape index (κ1) is 26.0. The van der Waals surface area contributed by atoms with Crippen LogP contribution in [-0.2, 0) is 6.18 Å². The van der Waals surface area contributed by atoms with Crippen molar-refractivity contribution in [1.82, 2.24) is 0 Å². The highest BCUT2D eigenvalue weighted by Crippen LogP contribution is 2.42. The third-order valence-electron chi connectivity index (χ3n) is 4.97. The minimum absolute atomic E-state index is 0.0899. The van der Waals surface area contributed by atoms with Gasteiger partial charge in [-0.1, -0.05) is 12.2 Å². The molecule has 2 N–H and O–H groups in total. The van der Waals surface area contributed by atoms with Gasteiger partial charge in [-0.05, 0) is 66.0 Å². The molecule has 0 aliphatic rings. The predicted molar refractivity (Wildman–Crippen MR) is 131 cm³/mol. The highest BCUT2D eigenvalue weighted by molar-refractivity contribution is 8.00. The van der Waals surface area contributed by atoms with E-state index in [0.717, 1.165) is 29.6 Å². The quantitative estimate of drug-likeness (QED) is 0.246. The monoisotopic (exact) mass is 507 g/mol. The van der Waals surface area contributed by atoms with Crippen LogP contribution >= 0.6 is 11.9 Å². The third-order valence-corrected chi connectivity index (χ3v) is 5.78. The Balaban J connectivity index is 1.92. The molecule has 0 bridgehead atoms. The van der Waals surface area contributed by atoms with Crippen LogP contribution in [0.4, 0.5) is 18.9 Å². The number of benzene rings is 3. The van der Waals surface area contributed by atoms with Gasteiger partial charge in [0.25, 0.3) is 0 Å². The first-order valence-electron chi connectivity index (χ1n) is 10.2. The van der Waals surface area contributed by atoms with Gasteiger partial charge in [0.05, 0.1) is 39.7 Å². The van der Waals surface area contributed by atoms with Crippen molar-refractivity contribution in [3.63, 3.8) is 0 Å². The molecule has 3 aromatic rings. The Hall–Kier alpha value is -3.66. The molecular weight excluding hydrogens is 483 g/mol. The lowest BCUT2D eigenvalue weighted by Gasteiger charge is -2.15. The molecule has 0 aromatic heterocycles. The predicted octanol–water partition coefficient (Wildman–Crippen LogP) is 6.74. The Kier molecular flexibility index (Phi) is 8.29. The van der Waals surface area contributed by atoms with Gasteiger partial charge in [0.2, 0.25) is 5.75 Å². The second kappa shape index (κ2) is 11.2. The van der Waals surface area contributed by atoms with Crippen LogP contribution in [0.2, 0.25) is 0 Å². The molecule has 0 spiro atoms. The standard InChI is InChI=1S/C25H24F3NO5S/c1-31-20-13-15(14-21(32-2)24(20)34-4)5-6-16-7-12-19(30)23(33-3)22(16)29-35-18-10-8-17(9-11-18)25(26,27)28/h5-14,29-30H,1-4H3/b6-5-. The molecular formula is C25H24F3NO5S. The summed E-state index contributed by atoms with van der Waals surface area (Å²) in [6.45, 7) is 0. The van der Waals surface area contributed by atoms with Crippen LogP contribution < -0.4 is 23.7 Å². The lowest BCUT2D eigenvalue weighted by atomic mass is 10.1. The topological polar surface area (TPSA) is 69.2 Å². The number of phenolic OH excluding ortho intramolecular Hbond substituents is 1. The van der Waals surface area contributed by atoms with Crippen molar-refractivity contribution in [1.29, 1.82) is 0 Å². The average molecular weight is 508 g/mol. The number of methoxy groups -OCH3 is 4. The lowest BCUT2D eigenvalue weighted by Crippen LogP contribution is -2.04. The van der Waals surface area contributed by atoms with Crippen molar-refractivity contribution in [3.05, 3.63) is 65.2 Å². The number of hydrogen-bond donors (Lipinski definition) is 2. The van der Waals surface area contributed by atoms with E-state index in [9.17, 15) is 18.3 Å². The number of phenols is 1. The lowest BCUT2D eigenvalue weighted by molar-refractivity contribution is -0.137. The van der Waals surface area contributed by atoms with Gasteiger partial charge in [0.1, 0.15) is 0 Å². The van der Waals surface area contributed by atoms with Gasteiger partial charge < -0.3 is 28.8 Å². The van der Waals surface area contributed by atoms with Crippen LogP contribution in [0.15, 0.2) is 53.4 Å². The summed E-state index contributed by atoms with van der Waals surface area (Å²) >= 11 is 1.09. The summed E-state index contributed by atoms with van der Waals surface area (Å²) in [5.41, 5.74) is 1.13. The Bertz CT molecular complexity index is 1170. The van der Waals surface area contributed by atoms with Gasteiger partial charge in [-0.2, -0.15) is 13.2 Å². The van der Waals surface area contributed by atoms with E-state index >= 15 is 0 Å². The molecule has 186 valence electrons. The second-order valence-electron chi connectivity index (χ2n) is 7.10. The molecule has 0 radical (unpaired) electrons. The van der Waals surface area contributed by atoms with Crippen LogP contribution in [0.5, 0.6) is 28.7 Å². The van der Waals surface area contributed by atoms with Gasteiger partial charge in [0.15, 0.2) is 23.0 Å². The highest BCUT2D eigenvalue weighted by atomic mass is 32.2. The molecule has 3 rings (SSSR count). The van der Waals surface area contributed by atoms with Crippen LogP contribution in [0.25, 0.3) is 12.2 Å². The minimum atomic E-state index is -4.41. The number of nitrogens with one attached hydrogen (secondary N) is 1.